The van der Waals surface area contributed by atoms with Crippen LogP contribution in [-0.2, 0) is 0 Å². The molecule has 1 aliphatic rings. The predicted octanol–water partition coefficient (Wildman–Crippen LogP) is 2.84. The number of imidazole rings is 1. The van der Waals surface area contributed by atoms with Gasteiger partial charge in [-0.05, 0) is 43.9 Å². The maximum Gasteiger partial charge on any atom is 0.247 e. The molecule has 5 rings (SSSR count). The predicted molar refractivity (Wildman–Crippen MR) is 103 cm³/mol. The normalized spacial score (nSPS) is 20.2. The zero-order valence-electron chi connectivity index (χ0n) is 14.8. The molecule has 0 saturated heterocycles. The SMILES string of the molecule is OC1CCC(Nc2cccc3nc(Nc4ccn5ccnc5c4)nn23)CC1. The Morgan fingerprint density at radius 3 is 2.81 bits per heavy atom. The average molecular weight is 363 g/mol. The summed E-state index contributed by atoms with van der Waals surface area (Å²) in [6, 6.07) is 10.2. The van der Waals surface area contributed by atoms with Crippen molar-refractivity contribution in [2.75, 3.05) is 10.6 Å². The van der Waals surface area contributed by atoms with E-state index in [-0.39, 0.29) is 6.10 Å². The Kier molecular flexibility index (Phi) is 3.90. The van der Waals surface area contributed by atoms with E-state index in [0.717, 1.165) is 48.5 Å². The Labute approximate surface area is 155 Å². The summed E-state index contributed by atoms with van der Waals surface area (Å²) in [4.78, 5) is 8.87. The van der Waals surface area contributed by atoms with Crippen LogP contribution in [-0.4, -0.2) is 41.2 Å². The van der Waals surface area contributed by atoms with Gasteiger partial charge in [-0.25, -0.2) is 4.98 Å². The largest absolute Gasteiger partial charge is 0.393 e. The minimum atomic E-state index is -0.159. The highest BCUT2D eigenvalue weighted by atomic mass is 16.3. The molecule has 4 aromatic rings. The first kappa shape index (κ1) is 16.1. The van der Waals surface area contributed by atoms with Gasteiger partial charge in [0, 0.05) is 36.4 Å². The second-order valence-electron chi connectivity index (χ2n) is 7.00. The van der Waals surface area contributed by atoms with E-state index in [9.17, 15) is 5.11 Å². The molecule has 0 aromatic carbocycles. The first-order chi connectivity index (χ1) is 13.2. The maximum atomic E-state index is 9.69. The van der Waals surface area contributed by atoms with Crippen LogP contribution < -0.4 is 10.6 Å². The first-order valence-corrected chi connectivity index (χ1v) is 9.25. The van der Waals surface area contributed by atoms with Crippen LogP contribution in [0, 0.1) is 0 Å². The number of nitrogens with zero attached hydrogens (tertiary/aromatic N) is 5. The molecule has 0 aliphatic heterocycles. The molecular formula is C19H21N7O. The molecule has 0 atom stereocenters. The Balaban J connectivity index is 1.39. The zero-order chi connectivity index (χ0) is 18.2. The summed E-state index contributed by atoms with van der Waals surface area (Å²) in [7, 11) is 0. The van der Waals surface area contributed by atoms with E-state index in [4.69, 9.17) is 0 Å². The molecular weight excluding hydrogens is 342 g/mol. The topological polar surface area (TPSA) is 91.8 Å². The Morgan fingerprint density at radius 2 is 1.93 bits per heavy atom. The molecule has 138 valence electrons. The lowest BCUT2D eigenvalue weighted by Crippen LogP contribution is -2.29. The van der Waals surface area contributed by atoms with Crippen LogP contribution in [0.3, 0.4) is 0 Å². The Morgan fingerprint density at radius 1 is 1.04 bits per heavy atom. The van der Waals surface area contributed by atoms with Gasteiger partial charge in [-0.2, -0.15) is 9.50 Å². The van der Waals surface area contributed by atoms with Crippen molar-refractivity contribution in [3.05, 3.63) is 48.9 Å². The molecule has 0 bridgehead atoms. The smallest absolute Gasteiger partial charge is 0.247 e. The first-order valence-electron chi connectivity index (χ1n) is 9.25. The Hall–Kier alpha value is -3.13. The van der Waals surface area contributed by atoms with E-state index >= 15 is 0 Å². The minimum absolute atomic E-state index is 0.159. The van der Waals surface area contributed by atoms with Crippen LogP contribution in [0.1, 0.15) is 25.7 Å². The fraction of sp³-hybridized carbons (Fsp3) is 0.316. The molecule has 0 spiro atoms. The van der Waals surface area contributed by atoms with Gasteiger partial charge in [0.25, 0.3) is 0 Å². The van der Waals surface area contributed by atoms with Crippen molar-refractivity contribution >= 4 is 28.7 Å². The van der Waals surface area contributed by atoms with Gasteiger partial charge in [0.2, 0.25) is 5.95 Å². The van der Waals surface area contributed by atoms with Gasteiger partial charge >= 0.3 is 0 Å². The summed E-state index contributed by atoms with van der Waals surface area (Å²) in [6.45, 7) is 0. The number of hydrogen-bond donors (Lipinski definition) is 3. The molecule has 3 N–H and O–H groups in total. The fourth-order valence-electron chi connectivity index (χ4n) is 3.61. The Bertz CT molecular complexity index is 1080. The molecule has 4 heterocycles. The molecule has 1 aliphatic carbocycles. The van der Waals surface area contributed by atoms with Gasteiger partial charge in [0.15, 0.2) is 5.65 Å². The van der Waals surface area contributed by atoms with E-state index in [1.165, 1.54) is 0 Å². The number of rotatable bonds is 4. The minimum Gasteiger partial charge on any atom is -0.393 e. The van der Waals surface area contributed by atoms with Crippen molar-refractivity contribution in [1.29, 1.82) is 0 Å². The maximum absolute atomic E-state index is 9.69. The summed E-state index contributed by atoms with van der Waals surface area (Å²) in [5.41, 5.74) is 2.53. The fourth-order valence-corrected chi connectivity index (χ4v) is 3.61. The molecule has 4 aromatic heterocycles. The van der Waals surface area contributed by atoms with Crippen molar-refractivity contribution in [2.24, 2.45) is 0 Å². The third-order valence-electron chi connectivity index (χ3n) is 5.06. The van der Waals surface area contributed by atoms with E-state index in [1.54, 1.807) is 6.20 Å². The number of anilines is 3. The van der Waals surface area contributed by atoms with Crippen LogP contribution >= 0.6 is 0 Å². The number of aromatic nitrogens is 5. The lowest BCUT2D eigenvalue weighted by atomic mass is 9.93. The lowest BCUT2D eigenvalue weighted by molar-refractivity contribution is 0.126. The number of hydrogen-bond acceptors (Lipinski definition) is 6. The summed E-state index contributed by atoms with van der Waals surface area (Å²) in [5.74, 6) is 1.46. The van der Waals surface area contributed by atoms with E-state index in [1.807, 2.05) is 51.6 Å². The van der Waals surface area contributed by atoms with Crippen LogP contribution in [0.2, 0.25) is 0 Å². The van der Waals surface area contributed by atoms with E-state index in [2.05, 4.69) is 25.7 Å². The monoisotopic (exact) mass is 363 g/mol. The van der Waals surface area contributed by atoms with Crippen molar-refractivity contribution in [1.82, 2.24) is 24.0 Å². The molecule has 0 unspecified atom stereocenters. The average Bonchev–Trinajstić information content (AvgIpc) is 3.30. The molecule has 1 fully saturated rings. The summed E-state index contributed by atoms with van der Waals surface area (Å²) < 4.78 is 3.77. The zero-order valence-corrected chi connectivity index (χ0v) is 14.8. The number of fused-ring (bicyclic) bond motifs is 2. The van der Waals surface area contributed by atoms with Gasteiger partial charge in [-0.3, -0.25) is 0 Å². The molecule has 8 nitrogen and oxygen atoms in total. The number of pyridine rings is 2. The van der Waals surface area contributed by atoms with Crippen molar-refractivity contribution in [3.63, 3.8) is 0 Å². The molecule has 0 radical (unpaired) electrons. The van der Waals surface area contributed by atoms with Crippen molar-refractivity contribution in [2.45, 2.75) is 37.8 Å². The number of aliphatic hydroxyl groups is 1. The van der Waals surface area contributed by atoms with E-state index in [0.29, 0.717) is 12.0 Å². The highest BCUT2D eigenvalue weighted by Gasteiger charge is 2.20. The van der Waals surface area contributed by atoms with E-state index < -0.39 is 0 Å². The van der Waals surface area contributed by atoms with Gasteiger partial charge in [0.1, 0.15) is 11.5 Å². The summed E-state index contributed by atoms with van der Waals surface area (Å²) >= 11 is 0. The van der Waals surface area contributed by atoms with Crippen LogP contribution in [0.5, 0.6) is 0 Å². The van der Waals surface area contributed by atoms with Gasteiger partial charge < -0.3 is 20.1 Å². The van der Waals surface area contributed by atoms with Crippen LogP contribution in [0.15, 0.2) is 48.9 Å². The quantitative estimate of drug-likeness (QED) is 0.516. The van der Waals surface area contributed by atoms with Crippen LogP contribution in [0.25, 0.3) is 11.3 Å². The van der Waals surface area contributed by atoms with Gasteiger partial charge in [0.05, 0.1) is 6.10 Å². The third kappa shape index (κ3) is 3.19. The third-order valence-corrected chi connectivity index (χ3v) is 5.06. The number of nitrogens with one attached hydrogen (secondary N) is 2. The van der Waals surface area contributed by atoms with Crippen molar-refractivity contribution < 1.29 is 5.11 Å². The summed E-state index contributed by atoms with van der Waals surface area (Å²) in [5, 5.41) is 21.1. The molecule has 8 heteroatoms. The second-order valence-corrected chi connectivity index (χ2v) is 7.00. The lowest BCUT2D eigenvalue weighted by Gasteiger charge is -2.26. The van der Waals surface area contributed by atoms with Gasteiger partial charge in [-0.1, -0.05) is 6.07 Å². The summed E-state index contributed by atoms with van der Waals surface area (Å²) in [6.07, 6.45) is 9.07. The highest BCUT2D eigenvalue weighted by molar-refractivity contribution is 5.61. The standard InChI is InChI=1S/C19H21N7O/c27-15-6-4-13(5-7-15)21-16-2-1-3-17-23-19(24-26(16)17)22-14-8-10-25-11-9-20-18(25)12-14/h1-3,8-13,15,21,27H,4-7H2,(H,22,24). The molecule has 0 amide bonds. The molecule has 27 heavy (non-hydrogen) atoms. The van der Waals surface area contributed by atoms with Crippen molar-refractivity contribution in [3.8, 4) is 0 Å². The highest BCUT2D eigenvalue weighted by Crippen LogP contribution is 2.23. The van der Waals surface area contributed by atoms with Gasteiger partial charge in [-0.15, -0.1) is 5.10 Å². The molecule has 1 saturated carbocycles. The number of aliphatic hydroxyl groups excluding tert-OH is 1. The van der Waals surface area contributed by atoms with Crippen LogP contribution in [0.4, 0.5) is 17.5 Å². The second kappa shape index (κ2) is 6.55.